The molecule has 0 amide bonds. The second kappa shape index (κ2) is 7.57. The zero-order valence-corrected chi connectivity index (χ0v) is 11.1. The number of rotatable bonds is 4. The molecular weight excluding hydrogens is 186 g/mol. The van der Waals surface area contributed by atoms with Gasteiger partial charge in [0.25, 0.3) is 0 Å². The van der Waals surface area contributed by atoms with Gasteiger partial charge in [-0.05, 0) is 0 Å². The minimum absolute atomic E-state index is 0. The van der Waals surface area contributed by atoms with E-state index in [0.29, 0.717) is 0 Å². The average Bonchev–Trinajstić information content (AvgIpc) is 2.24. The maximum absolute atomic E-state index is 2.53. The Bertz CT molecular complexity index is 193. The van der Waals surface area contributed by atoms with Crippen LogP contribution in [-0.2, 0) is 0 Å². The molecular formula is C14H24BLi. The molecule has 2 bridgehead atoms. The van der Waals surface area contributed by atoms with Crippen molar-refractivity contribution in [2.75, 3.05) is 0 Å². The van der Waals surface area contributed by atoms with Crippen molar-refractivity contribution in [3.63, 3.8) is 0 Å². The van der Waals surface area contributed by atoms with Crippen LogP contribution in [0.2, 0.25) is 11.6 Å². The summed E-state index contributed by atoms with van der Waals surface area (Å²) >= 11 is 0. The number of unbranched alkanes of at least 4 members (excludes halogenated alkanes) is 2. The fourth-order valence-corrected chi connectivity index (χ4v) is 3.51. The van der Waals surface area contributed by atoms with Gasteiger partial charge in [0, 0.05) is 0 Å². The fraction of sp³-hybridized carbons (Fsp3) is 0.786. The Labute approximate surface area is 114 Å². The largest absolute Gasteiger partial charge is 1.00 e. The first-order valence-corrected chi connectivity index (χ1v) is 6.92. The van der Waals surface area contributed by atoms with Crippen LogP contribution in [-0.4, -0.2) is 6.71 Å². The SMILES string of the molecule is CCC[CH-]/C=C/B1C2CCCC1CCC2.[Li+]. The molecule has 0 aliphatic carbocycles. The molecule has 0 radical (unpaired) electrons. The molecule has 16 heavy (non-hydrogen) atoms. The summed E-state index contributed by atoms with van der Waals surface area (Å²) < 4.78 is 0. The van der Waals surface area contributed by atoms with E-state index in [2.05, 4.69) is 25.4 Å². The van der Waals surface area contributed by atoms with Gasteiger partial charge in [-0.3, -0.25) is 5.98 Å². The third-order valence-corrected chi connectivity index (χ3v) is 4.31. The Kier molecular flexibility index (Phi) is 6.78. The van der Waals surface area contributed by atoms with Crippen molar-refractivity contribution >= 4 is 6.71 Å². The summed E-state index contributed by atoms with van der Waals surface area (Å²) in [4.78, 5) is 0. The summed E-state index contributed by atoms with van der Waals surface area (Å²) in [6, 6.07) is 0. The quantitative estimate of drug-likeness (QED) is 0.376. The summed E-state index contributed by atoms with van der Waals surface area (Å²) in [6.45, 7) is 3.18. The summed E-state index contributed by atoms with van der Waals surface area (Å²) in [5, 5.41) is 0. The molecule has 0 unspecified atom stereocenters. The standard InChI is InChI=1S/C14H24B.Li/c1-2-3-4-5-12-15-13-8-6-9-14(15)11-7-10-13;/h4-5,12-14H,2-3,6-11H2,1H3;/q-1;+1/b12-5+;. The molecule has 0 N–H and O–H groups in total. The van der Waals surface area contributed by atoms with Crippen LogP contribution in [0.5, 0.6) is 0 Å². The van der Waals surface area contributed by atoms with Crippen molar-refractivity contribution < 1.29 is 18.9 Å². The first-order chi connectivity index (χ1) is 7.42. The monoisotopic (exact) mass is 210 g/mol. The van der Waals surface area contributed by atoms with Crippen molar-refractivity contribution in [3.8, 4) is 0 Å². The van der Waals surface area contributed by atoms with E-state index in [1.165, 1.54) is 51.4 Å². The second-order valence-electron chi connectivity index (χ2n) is 5.37. The van der Waals surface area contributed by atoms with Crippen LogP contribution in [0.4, 0.5) is 0 Å². The van der Waals surface area contributed by atoms with Crippen LogP contribution >= 0.6 is 0 Å². The van der Waals surface area contributed by atoms with E-state index in [4.69, 9.17) is 0 Å². The van der Waals surface area contributed by atoms with E-state index < -0.39 is 0 Å². The first-order valence-electron chi connectivity index (χ1n) is 6.92. The van der Waals surface area contributed by atoms with Crippen LogP contribution in [0.15, 0.2) is 12.1 Å². The van der Waals surface area contributed by atoms with Crippen LogP contribution in [0, 0.1) is 6.42 Å². The van der Waals surface area contributed by atoms with Crippen molar-refractivity contribution in [2.24, 2.45) is 0 Å². The van der Waals surface area contributed by atoms with Crippen LogP contribution < -0.4 is 18.9 Å². The van der Waals surface area contributed by atoms with Gasteiger partial charge >= 0.3 is 18.9 Å². The Morgan fingerprint density at radius 1 is 1.12 bits per heavy atom. The second-order valence-corrected chi connectivity index (χ2v) is 5.37. The van der Waals surface area contributed by atoms with Gasteiger partial charge in [0.15, 0.2) is 0 Å². The van der Waals surface area contributed by atoms with Gasteiger partial charge in [0.1, 0.15) is 0 Å². The summed E-state index contributed by atoms with van der Waals surface area (Å²) in [5.41, 5.74) is 0. The Morgan fingerprint density at radius 3 is 2.19 bits per heavy atom. The third-order valence-electron chi connectivity index (χ3n) is 4.31. The predicted octanol–water partition coefficient (Wildman–Crippen LogP) is 1.69. The van der Waals surface area contributed by atoms with Crippen molar-refractivity contribution in [3.05, 3.63) is 18.5 Å². The molecule has 2 heterocycles. The third kappa shape index (κ3) is 3.64. The van der Waals surface area contributed by atoms with E-state index in [-0.39, 0.29) is 18.9 Å². The molecule has 84 valence electrons. The zero-order chi connectivity index (χ0) is 10.5. The minimum atomic E-state index is 0. The van der Waals surface area contributed by atoms with E-state index in [9.17, 15) is 0 Å². The molecule has 0 aromatic heterocycles. The molecule has 0 aromatic carbocycles. The van der Waals surface area contributed by atoms with Gasteiger partial charge in [0.05, 0.1) is 6.71 Å². The van der Waals surface area contributed by atoms with Crippen molar-refractivity contribution in [1.82, 2.24) is 0 Å². The topological polar surface area (TPSA) is 0 Å². The van der Waals surface area contributed by atoms with Crippen LogP contribution in [0.3, 0.4) is 0 Å². The van der Waals surface area contributed by atoms with E-state index >= 15 is 0 Å². The van der Waals surface area contributed by atoms with E-state index in [1.54, 1.807) is 0 Å². The molecule has 0 nitrogen and oxygen atoms in total. The van der Waals surface area contributed by atoms with Crippen molar-refractivity contribution in [2.45, 2.75) is 69.9 Å². The molecule has 2 aliphatic rings. The van der Waals surface area contributed by atoms with Gasteiger partial charge < -0.3 is 0 Å². The number of hydrogen-bond acceptors (Lipinski definition) is 0. The van der Waals surface area contributed by atoms with Crippen LogP contribution in [0.25, 0.3) is 0 Å². The molecule has 2 heteroatoms. The van der Waals surface area contributed by atoms with Crippen molar-refractivity contribution in [1.29, 1.82) is 0 Å². The number of allylic oxidation sites excluding steroid dienone is 1. The molecule has 0 aromatic rings. The Morgan fingerprint density at radius 2 is 1.69 bits per heavy atom. The maximum atomic E-state index is 2.53. The fourth-order valence-electron chi connectivity index (χ4n) is 3.51. The Balaban J connectivity index is 0.00000128. The minimum Gasteiger partial charge on any atom is -0.252 e. The maximum Gasteiger partial charge on any atom is 1.00 e. The number of fused-ring (bicyclic) bond motifs is 2. The molecule has 2 rings (SSSR count). The normalized spacial score (nSPS) is 28.9. The summed E-state index contributed by atoms with van der Waals surface area (Å²) in [6.07, 6.45) is 16.2. The smallest absolute Gasteiger partial charge is 0.252 e. The van der Waals surface area contributed by atoms with Gasteiger partial charge in [-0.1, -0.05) is 63.5 Å². The average molecular weight is 210 g/mol. The van der Waals surface area contributed by atoms with E-state index in [1.807, 2.05) is 0 Å². The predicted molar refractivity (Wildman–Crippen MR) is 69.3 cm³/mol. The molecule has 2 saturated heterocycles. The van der Waals surface area contributed by atoms with Gasteiger partial charge in [0.2, 0.25) is 0 Å². The van der Waals surface area contributed by atoms with Gasteiger partial charge in [-0.2, -0.15) is 0 Å². The Hall–Kier alpha value is 0.272. The van der Waals surface area contributed by atoms with Gasteiger partial charge in [-0.25, -0.2) is 12.5 Å². The molecule has 0 atom stereocenters. The summed E-state index contributed by atoms with van der Waals surface area (Å²) in [7, 11) is 0. The van der Waals surface area contributed by atoms with E-state index in [0.717, 1.165) is 18.3 Å². The van der Waals surface area contributed by atoms with Gasteiger partial charge in [-0.15, -0.1) is 6.42 Å². The molecule has 0 spiro atoms. The zero-order valence-electron chi connectivity index (χ0n) is 11.1. The molecule has 2 fully saturated rings. The summed E-state index contributed by atoms with van der Waals surface area (Å²) in [5.74, 6) is 4.59. The molecule has 0 saturated carbocycles. The van der Waals surface area contributed by atoms with Crippen LogP contribution in [0.1, 0.15) is 58.3 Å². The number of hydrogen-bond donors (Lipinski definition) is 0. The molecule has 2 aliphatic heterocycles. The first kappa shape index (κ1) is 14.3.